The standard InChI is InChI=1S/C15H19N3O2S/c1-11(14-5-3-4-6-15(14)16)18-12-7-9-13(10-8-12)21(19,20)17-2/h3-11,17-18H,16H2,1-2H3. The van der Waals surface area contributed by atoms with Crippen LogP contribution < -0.4 is 15.8 Å². The number of nitrogens with two attached hydrogens (primary N) is 1. The minimum absolute atomic E-state index is 0.0259. The largest absolute Gasteiger partial charge is 0.398 e. The number of hydrogen-bond donors (Lipinski definition) is 3. The van der Waals surface area contributed by atoms with Crippen LogP contribution in [0.15, 0.2) is 53.4 Å². The van der Waals surface area contributed by atoms with Gasteiger partial charge in [-0.2, -0.15) is 0 Å². The van der Waals surface area contributed by atoms with Crippen molar-refractivity contribution in [3.8, 4) is 0 Å². The monoisotopic (exact) mass is 305 g/mol. The third-order valence-corrected chi connectivity index (χ3v) is 4.71. The Hall–Kier alpha value is -2.05. The number of anilines is 2. The lowest BCUT2D eigenvalue weighted by Gasteiger charge is -2.17. The maximum atomic E-state index is 11.7. The van der Waals surface area contributed by atoms with E-state index in [9.17, 15) is 8.42 Å². The van der Waals surface area contributed by atoms with Crippen molar-refractivity contribution in [3.63, 3.8) is 0 Å². The van der Waals surface area contributed by atoms with Gasteiger partial charge in [0, 0.05) is 11.4 Å². The maximum absolute atomic E-state index is 11.7. The van der Waals surface area contributed by atoms with Gasteiger partial charge in [-0.25, -0.2) is 13.1 Å². The highest BCUT2D eigenvalue weighted by atomic mass is 32.2. The molecule has 0 aliphatic rings. The molecule has 0 fully saturated rings. The Morgan fingerprint density at radius 1 is 1.05 bits per heavy atom. The first-order valence-electron chi connectivity index (χ1n) is 6.58. The summed E-state index contributed by atoms with van der Waals surface area (Å²) in [6.45, 7) is 2.00. The van der Waals surface area contributed by atoms with Gasteiger partial charge >= 0.3 is 0 Å². The number of para-hydroxylation sites is 1. The van der Waals surface area contributed by atoms with Crippen molar-refractivity contribution in [1.29, 1.82) is 0 Å². The second kappa shape index (κ2) is 6.15. The summed E-state index contributed by atoms with van der Waals surface area (Å²) in [7, 11) is -2.01. The summed E-state index contributed by atoms with van der Waals surface area (Å²) in [5, 5.41) is 3.30. The molecule has 6 heteroatoms. The zero-order chi connectivity index (χ0) is 15.5. The fourth-order valence-electron chi connectivity index (χ4n) is 2.08. The average molecular weight is 305 g/mol. The fourth-order valence-corrected chi connectivity index (χ4v) is 2.81. The van der Waals surface area contributed by atoms with Gasteiger partial charge in [0.15, 0.2) is 0 Å². The molecule has 1 unspecified atom stereocenters. The third-order valence-electron chi connectivity index (χ3n) is 3.28. The van der Waals surface area contributed by atoms with Crippen LogP contribution in [0.1, 0.15) is 18.5 Å². The minimum Gasteiger partial charge on any atom is -0.398 e. The van der Waals surface area contributed by atoms with Crippen LogP contribution in [0.3, 0.4) is 0 Å². The van der Waals surface area contributed by atoms with E-state index in [0.29, 0.717) is 0 Å². The number of sulfonamides is 1. The molecule has 0 aromatic heterocycles. The highest BCUT2D eigenvalue weighted by Gasteiger charge is 2.12. The smallest absolute Gasteiger partial charge is 0.240 e. The Bertz CT molecular complexity index is 712. The van der Waals surface area contributed by atoms with Crippen LogP contribution in [0.5, 0.6) is 0 Å². The number of rotatable bonds is 5. The SMILES string of the molecule is CNS(=O)(=O)c1ccc(NC(C)c2ccccc2N)cc1. The van der Waals surface area contributed by atoms with Gasteiger partial charge in [-0.1, -0.05) is 18.2 Å². The molecule has 0 amide bonds. The summed E-state index contributed by atoms with van der Waals surface area (Å²) in [4.78, 5) is 0.238. The second-order valence-electron chi connectivity index (χ2n) is 4.73. The molecule has 2 rings (SSSR count). The van der Waals surface area contributed by atoms with E-state index in [0.717, 1.165) is 16.9 Å². The van der Waals surface area contributed by atoms with Crippen LogP contribution in [-0.2, 0) is 10.0 Å². The molecule has 1 atom stereocenters. The summed E-state index contributed by atoms with van der Waals surface area (Å²) in [5.74, 6) is 0. The van der Waals surface area contributed by atoms with Crippen LogP contribution >= 0.6 is 0 Å². The Kier molecular flexibility index (Phi) is 4.50. The van der Waals surface area contributed by atoms with E-state index >= 15 is 0 Å². The third kappa shape index (κ3) is 3.53. The van der Waals surface area contributed by atoms with Gasteiger partial charge in [0.1, 0.15) is 0 Å². The van der Waals surface area contributed by atoms with Gasteiger partial charge in [-0.15, -0.1) is 0 Å². The zero-order valence-corrected chi connectivity index (χ0v) is 12.8. The van der Waals surface area contributed by atoms with Gasteiger partial charge in [0.2, 0.25) is 10.0 Å². The van der Waals surface area contributed by atoms with E-state index in [1.165, 1.54) is 7.05 Å². The van der Waals surface area contributed by atoms with E-state index in [-0.39, 0.29) is 10.9 Å². The van der Waals surface area contributed by atoms with Crippen LogP contribution in [0.2, 0.25) is 0 Å². The molecule has 4 N–H and O–H groups in total. The second-order valence-corrected chi connectivity index (χ2v) is 6.61. The minimum atomic E-state index is -3.40. The number of benzene rings is 2. The summed E-state index contributed by atoms with van der Waals surface area (Å²) < 4.78 is 25.6. The molecule has 0 saturated heterocycles. The molecule has 0 heterocycles. The summed E-state index contributed by atoms with van der Waals surface area (Å²) in [5.41, 5.74) is 8.51. The fraction of sp³-hybridized carbons (Fsp3) is 0.200. The molecule has 112 valence electrons. The van der Waals surface area contributed by atoms with Gasteiger partial charge in [0.25, 0.3) is 0 Å². The number of hydrogen-bond acceptors (Lipinski definition) is 4. The van der Waals surface area contributed by atoms with Crippen LogP contribution in [0.4, 0.5) is 11.4 Å². The molecule has 2 aromatic rings. The van der Waals surface area contributed by atoms with Crippen molar-refractivity contribution in [2.75, 3.05) is 18.1 Å². The summed E-state index contributed by atoms with van der Waals surface area (Å²) in [6, 6.07) is 14.3. The Balaban J connectivity index is 2.16. The Morgan fingerprint density at radius 2 is 1.67 bits per heavy atom. The molecule has 0 radical (unpaired) electrons. The molecule has 0 bridgehead atoms. The lowest BCUT2D eigenvalue weighted by Crippen LogP contribution is -2.18. The van der Waals surface area contributed by atoms with E-state index in [1.807, 2.05) is 31.2 Å². The van der Waals surface area contributed by atoms with E-state index in [2.05, 4.69) is 10.0 Å². The number of nitrogen functional groups attached to an aromatic ring is 1. The lowest BCUT2D eigenvalue weighted by molar-refractivity contribution is 0.588. The van der Waals surface area contributed by atoms with E-state index in [4.69, 9.17) is 5.73 Å². The normalized spacial score (nSPS) is 12.9. The van der Waals surface area contributed by atoms with Crippen molar-refractivity contribution < 1.29 is 8.42 Å². The quantitative estimate of drug-likeness (QED) is 0.740. The van der Waals surface area contributed by atoms with Crippen molar-refractivity contribution >= 4 is 21.4 Å². The van der Waals surface area contributed by atoms with E-state index in [1.54, 1.807) is 24.3 Å². The van der Waals surface area contributed by atoms with Crippen LogP contribution in [0.25, 0.3) is 0 Å². The molecule has 0 aliphatic carbocycles. The van der Waals surface area contributed by atoms with Crippen molar-refractivity contribution in [2.45, 2.75) is 17.9 Å². The Morgan fingerprint density at radius 3 is 2.24 bits per heavy atom. The van der Waals surface area contributed by atoms with Gasteiger partial charge in [0.05, 0.1) is 10.9 Å². The molecular formula is C15H19N3O2S. The summed E-state index contributed by atoms with van der Waals surface area (Å²) >= 11 is 0. The van der Waals surface area contributed by atoms with Gasteiger partial charge in [-0.3, -0.25) is 0 Å². The van der Waals surface area contributed by atoms with E-state index < -0.39 is 10.0 Å². The zero-order valence-electron chi connectivity index (χ0n) is 12.0. The summed E-state index contributed by atoms with van der Waals surface area (Å²) in [6.07, 6.45) is 0. The Labute approximate surface area is 125 Å². The first kappa shape index (κ1) is 15.3. The van der Waals surface area contributed by atoms with Crippen LogP contribution in [0, 0.1) is 0 Å². The van der Waals surface area contributed by atoms with Gasteiger partial charge in [-0.05, 0) is 49.9 Å². The molecule has 0 saturated carbocycles. The van der Waals surface area contributed by atoms with Crippen molar-refractivity contribution in [2.24, 2.45) is 0 Å². The van der Waals surface area contributed by atoms with Crippen LogP contribution in [-0.4, -0.2) is 15.5 Å². The van der Waals surface area contributed by atoms with Crippen molar-refractivity contribution in [3.05, 3.63) is 54.1 Å². The lowest BCUT2D eigenvalue weighted by atomic mass is 10.1. The maximum Gasteiger partial charge on any atom is 0.240 e. The molecular weight excluding hydrogens is 286 g/mol. The topological polar surface area (TPSA) is 84.2 Å². The van der Waals surface area contributed by atoms with Crippen molar-refractivity contribution in [1.82, 2.24) is 4.72 Å². The highest BCUT2D eigenvalue weighted by Crippen LogP contribution is 2.24. The first-order valence-corrected chi connectivity index (χ1v) is 8.07. The molecule has 21 heavy (non-hydrogen) atoms. The first-order chi connectivity index (χ1) is 9.94. The molecule has 5 nitrogen and oxygen atoms in total. The highest BCUT2D eigenvalue weighted by molar-refractivity contribution is 7.89. The predicted octanol–water partition coefficient (Wildman–Crippen LogP) is 2.35. The molecule has 0 spiro atoms. The molecule has 0 aliphatic heterocycles. The predicted molar refractivity (Wildman–Crippen MR) is 85.6 cm³/mol. The number of nitrogens with one attached hydrogen (secondary N) is 2. The average Bonchev–Trinajstić information content (AvgIpc) is 2.48. The van der Waals surface area contributed by atoms with Gasteiger partial charge < -0.3 is 11.1 Å². The molecule has 2 aromatic carbocycles.